The predicted octanol–water partition coefficient (Wildman–Crippen LogP) is 3.00. The summed E-state index contributed by atoms with van der Waals surface area (Å²) in [4.78, 5) is 11.0. The Hall–Kier alpha value is -1.55. The lowest BCUT2D eigenvalue weighted by Crippen LogP contribution is -2.20. The fraction of sp³-hybridized carbons (Fsp3) is 0.500. The normalized spacial score (nSPS) is 25.6. The highest BCUT2D eigenvalue weighted by Gasteiger charge is 2.30. The lowest BCUT2D eigenvalue weighted by atomic mass is 9.79. The van der Waals surface area contributed by atoms with Gasteiger partial charge < -0.3 is 14.6 Å². The van der Waals surface area contributed by atoms with Crippen molar-refractivity contribution >= 4 is 5.97 Å². The smallest absolute Gasteiger partial charge is 0.339 e. The van der Waals surface area contributed by atoms with Gasteiger partial charge in [-0.3, -0.25) is 0 Å². The van der Waals surface area contributed by atoms with Crippen LogP contribution in [-0.4, -0.2) is 16.2 Å². The van der Waals surface area contributed by atoms with Crippen LogP contribution in [0.1, 0.15) is 48.9 Å². The summed E-state index contributed by atoms with van der Waals surface area (Å²) in [5.74, 6) is -0.459. The Morgan fingerprint density at radius 3 is 2.89 bits per heavy atom. The molecule has 3 unspecified atom stereocenters. The minimum Gasteiger partial charge on any atom is -0.478 e. The second kappa shape index (κ2) is 4.98. The number of carboxylic acids is 1. The van der Waals surface area contributed by atoms with Crippen molar-refractivity contribution in [1.29, 1.82) is 0 Å². The van der Waals surface area contributed by atoms with Crippen molar-refractivity contribution in [2.45, 2.75) is 32.8 Å². The van der Waals surface area contributed by atoms with Gasteiger partial charge in [-0.05, 0) is 37.7 Å². The summed E-state index contributed by atoms with van der Waals surface area (Å²) in [5, 5.41) is 19.3. The van der Waals surface area contributed by atoms with Crippen molar-refractivity contribution < 1.29 is 19.4 Å². The van der Waals surface area contributed by atoms with Gasteiger partial charge in [0.15, 0.2) is 0 Å². The van der Waals surface area contributed by atoms with Crippen molar-refractivity contribution in [2.24, 2.45) is 11.8 Å². The van der Waals surface area contributed by atoms with Crippen molar-refractivity contribution in [3.8, 4) is 0 Å². The van der Waals surface area contributed by atoms with Gasteiger partial charge in [-0.1, -0.05) is 18.6 Å². The van der Waals surface area contributed by atoms with Gasteiger partial charge in [-0.2, -0.15) is 0 Å². The first-order valence-corrected chi connectivity index (χ1v) is 6.15. The highest BCUT2D eigenvalue weighted by molar-refractivity contribution is 5.88. The number of carbonyl (C=O) groups is 1. The Morgan fingerprint density at radius 2 is 2.28 bits per heavy atom. The van der Waals surface area contributed by atoms with Gasteiger partial charge in [0.1, 0.15) is 17.4 Å². The average Bonchev–Trinajstić information content (AvgIpc) is 2.75. The van der Waals surface area contributed by atoms with E-state index in [0.29, 0.717) is 5.92 Å². The molecule has 0 amide bonds. The van der Waals surface area contributed by atoms with E-state index in [1.165, 1.54) is 17.9 Å². The third kappa shape index (κ3) is 2.48. The van der Waals surface area contributed by atoms with E-state index in [0.717, 1.165) is 12.8 Å². The van der Waals surface area contributed by atoms with E-state index in [1.54, 1.807) is 0 Å². The maximum Gasteiger partial charge on any atom is 0.339 e. The van der Waals surface area contributed by atoms with Crippen molar-refractivity contribution in [3.05, 3.63) is 35.3 Å². The highest BCUT2D eigenvalue weighted by atomic mass is 16.4. The topological polar surface area (TPSA) is 70.7 Å². The molecule has 4 heteroatoms. The van der Waals surface area contributed by atoms with Crippen LogP contribution in [0.15, 0.2) is 28.4 Å². The summed E-state index contributed by atoms with van der Waals surface area (Å²) < 4.78 is 5.16. The van der Waals surface area contributed by atoms with E-state index in [1.807, 2.05) is 6.92 Å². The zero-order valence-corrected chi connectivity index (χ0v) is 10.6. The van der Waals surface area contributed by atoms with Crippen LogP contribution < -0.4 is 0 Å². The first-order valence-electron chi connectivity index (χ1n) is 6.15. The SMILES string of the molecule is CC1=CC(C)CC(C(O)c2occc2C(=O)O)C1. The van der Waals surface area contributed by atoms with E-state index in [4.69, 9.17) is 9.52 Å². The van der Waals surface area contributed by atoms with Crippen LogP contribution in [-0.2, 0) is 0 Å². The van der Waals surface area contributed by atoms with Crippen LogP contribution in [0.5, 0.6) is 0 Å². The second-order valence-corrected chi connectivity index (χ2v) is 5.14. The average molecular weight is 250 g/mol. The Balaban J connectivity index is 2.21. The van der Waals surface area contributed by atoms with Gasteiger partial charge in [-0.15, -0.1) is 0 Å². The van der Waals surface area contributed by atoms with Gasteiger partial charge in [0, 0.05) is 0 Å². The molecular weight excluding hydrogens is 232 g/mol. The van der Waals surface area contributed by atoms with Crippen LogP contribution in [0.3, 0.4) is 0 Å². The summed E-state index contributed by atoms with van der Waals surface area (Å²) in [5.41, 5.74) is 1.29. The molecule has 18 heavy (non-hydrogen) atoms. The molecule has 0 aliphatic heterocycles. The molecule has 1 aromatic rings. The minimum absolute atomic E-state index is 0.0225. The lowest BCUT2D eigenvalue weighted by Gasteiger charge is -2.28. The van der Waals surface area contributed by atoms with E-state index in [2.05, 4.69) is 13.0 Å². The molecule has 0 aromatic carbocycles. The standard InChI is InChI=1S/C14H18O4/c1-8-5-9(2)7-10(6-8)12(15)13-11(14(16)17)3-4-18-13/h3-5,8,10,12,15H,6-7H2,1-2H3,(H,16,17). The molecule has 4 nitrogen and oxygen atoms in total. The summed E-state index contributed by atoms with van der Waals surface area (Å²) in [7, 11) is 0. The summed E-state index contributed by atoms with van der Waals surface area (Å²) in [6.07, 6.45) is 4.29. The van der Waals surface area contributed by atoms with Gasteiger partial charge in [0.2, 0.25) is 0 Å². The first kappa shape index (κ1) is 12.9. The molecule has 98 valence electrons. The molecule has 1 aliphatic rings. The fourth-order valence-corrected chi connectivity index (χ4v) is 2.78. The van der Waals surface area contributed by atoms with Crippen LogP contribution in [0.2, 0.25) is 0 Å². The Bertz CT molecular complexity index is 472. The van der Waals surface area contributed by atoms with Crippen LogP contribution >= 0.6 is 0 Å². The molecule has 3 atom stereocenters. The largest absolute Gasteiger partial charge is 0.478 e. The summed E-state index contributed by atoms with van der Waals surface area (Å²) in [6, 6.07) is 1.38. The number of furan rings is 1. The lowest BCUT2D eigenvalue weighted by molar-refractivity contribution is 0.0612. The van der Waals surface area contributed by atoms with Crippen molar-refractivity contribution in [3.63, 3.8) is 0 Å². The number of aliphatic hydroxyl groups excluding tert-OH is 1. The summed E-state index contributed by atoms with van der Waals surface area (Å²) in [6.45, 7) is 4.14. The van der Waals surface area contributed by atoms with Crippen LogP contribution in [0.4, 0.5) is 0 Å². The van der Waals surface area contributed by atoms with E-state index in [-0.39, 0.29) is 17.2 Å². The molecule has 0 spiro atoms. The minimum atomic E-state index is -1.06. The van der Waals surface area contributed by atoms with Gasteiger partial charge in [-0.25, -0.2) is 4.79 Å². The molecule has 2 rings (SSSR count). The van der Waals surface area contributed by atoms with Crippen LogP contribution in [0, 0.1) is 11.8 Å². The maximum atomic E-state index is 11.0. The molecule has 1 aliphatic carbocycles. The molecular formula is C14H18O4. The predicted molar refractivity (Wildman–Crippen MR) is 66.3 cm³/mol. The van der Waals surface area contributed by atoms with Crippen molar-refractivity contribution in [1.82, 2.24) is 0 Å². The molecule has 0 radical (unpaired) electrons. The zero-order chi connectivity index (χ0) is 13.3. The number of aromatic carboxylic acids is 1. The Labute approximate surface area is 106 Å². The van der Waals surface area contributed by atoms with Crippen molar-refractivity contribution in [2.75, 3.05) is 0 Å². The number of aliphatic hydroxyl groups is 1. The second-order valence-electron chi connectivity index (χ2n) is 5.14. The number of allylic oxidation sites excluding steroid dienone is 2. The molecule has 0 saturated heterocycles. The molecule has 2 N–H and O–H groups in total. The third-order valence-electron chi connectivity index (χ3n) is 3.47. The quantitative estimate of drug-likeness (QED) is 0.809. The number of carboxylic acid groups (broad SMARTS) is 1. The summed E-state index contributed by atoms with van der Waals surface area (Å²) >= 11 is 0. The first-order chi connectivity index (χ1) is 8.49. The molecule has 1 heterocycles. The molecule has 0 bridgehead atoms. The monoisotopic (exact) mass is 250 g/mol. The van der Waals surface area contributed by atoms with Gasteiger partial charge in [0.05, 0.1) is 6.26 Å². The van der Waals surface area contributed by atoms with E-state index < -0.39 is 12.1 Å². The highest BCUT2D eigenvalue weighted by Crippen LogP contribution is 2.37. The fourth-order valence-electron chi connectivity index (χ4n) is 2.78. The molecule has 0 saturated carbocycles. The maximum absolute atomic E-state index is 11.0. The van der Waals surface area contributed by atoms with Crippen LogP contribution in [0.25, 0.3) is 0 Å². The number of hydrogen-bond donors (Lipinski definition) is 2. The third-order valence-corrected chi connectivity index (χ3v) is 3.47. The molecule has 0 fully saturated rings. The Kier molecular flexibility index (Phi) is 3.57. The van der Waals surface area contributed by atoms with Gasteiger partial charge >= 0.3 is 5.97 Å². The van der Waals surface area contributed by atoms with Gasteiger partial charge in [0.25, 0.3) is 0 Å². The Morgan fingerprint density at radius 1 is 1.56 bits per heavy atom. The molecule has 1 aromatic heterocycles. The number of rotatable bonds is 3. The van der Waals surface area contributed by atoms with E-state index >= 15 is 0 Å². The van der Waals surface area contributed by atoms with E-state index in [9.17, 15) is 9.90 Å². The number of hydrogen-bond acceptors (Lipinski definition) is 3. The zero-order valence-electron chi connectivity index (χ0n) is 10.6.